The summed E-state index contributed by atoms with van der Waals surface area (Å²) in [5.41, 5.74) is 3.67. The molecule has 1 heterocycles. The molecule has 0 spiro atoms. The van der Waals surface area contributed by atoms with Crippen molar-refractivity contribution >= 4 is 23.4 Å². The summed E-state index contributed by atoms with van der Waals surface area (Å²) in [7, 11) is 3.18. The van der Waals surface area contributed by atoms with E-state index in [1.54, 1.807) is 40.2 Å². The van der Waals surface area contributed by atoms with E-state index < -0.39 is 17.8 Å². The number of carbonyl (C=O) groups is 2. The number of hydrogen-bond donors (Lipinski definition) is 1. The maximum absolute atomic E-state index is 13.7. The number of hydrogen-bond acceptors (Lipinski definition) is 6. The molecule has 6 nitrogen and oxygen atoms in total. The molecule has 3 atom stereocenters. The van der Waals surface area contributed by atoms with Crippen LogP contribution in [0.1, 0.15) is 49.7 Å². The van der Waals surface area contributed by atoms with Crippen molar-refractivity contribution in [1.29, 1.82) is 0 Å². The van der Waals surface area contributed by atoms with Gasteiger partial charge in [-0.15, -0.1) is 0 Å². The fourth-order valence-electron chi connectivity index (χ4n) is 5.04. The van der Waals surface area contributed by atoms with Crippen molar-refractivity contribution in [1.82, 2.24) is 5.32 Å². The number of carbonyl (C=O) groups excluding carboxylic acids is 2. The number of esters is 1. The molecule has 0 saturated carbocycles. The lowest BCUT2D eigenvalue weighted by atomic mass is 9.69. The molecular weight excluding hydrogens is 466 g/mol. The van der Waals surface area contributed by atoms with E-state index in [0.29, 0.717) is 40.6 Å². The highest BCUT2D eigenvalue weighted by Crippen LogP contribution is 2.48. The molecule has 0 radical (unpaired) electrons. The molecule has 7 heteroatoms. The van der Waals surface area contributed by atoms with E-state index in [9.17, 15) is 9.59 Å². The molecule has 0 bridgehead atoms. The van der Waals surface area contributed by atoms with E-state index >= 15 is 0 Å². The zero-order chi connectivity index (χ0) is 25.3. The first-order chi connectivity index (χ1) is 16.7. The van der Waals surface area contributed by atoms with Gasteiger partial charge in [0.2, 0.25) is 0 Å². The van der Waals surface area contributed by atoms with E-state index in [0.717, 1.165) is 16.8 Å². The summed E-state index contributed by atoms with van der Waals surface area (Å²) in [5.74, 6) is -0.497. The van der Waals surface area contributed by atoms with Crippen molar-refractivity contribution in [2.75, 3.05) is 14.2 Å². The Balaban J connectivity index is 1.77. The van der Waals surface area contributed by atoms with Gasteiger partial charge >= 0.3 is 5.97 Å². The Morgan fingerprint density at radius 2 is 1.80 bits per heavy atom. The minimum atomic E-state index is -0.740. The highest BCUT2D eigenvalue weighted by Gasteiger charge is 2.45. The Morgan fingerprint density at radius 1 is 1.06 bits per heavy atom. The van der Waals surface area contributed by atoms with Crippen molar-refractivity contribution in [2.45, 2.75) is 44.6 Å². The van der Waals surface area contributed by atoms with Gasteiger partial charge in [-0.1, -0.05) is 36.4 Å². The van der Waals surface area contributed by atoms with Gasteiger partial charge in [0.1, 0.15) is 5.92 Å². The van der Waals surface area contributed by atoms with Gasteiger partial charge in [0.25, 0.3) is 0 Å². The Kier molecular flexibility index (Phi) is 7.22. The topological polar surface area (TPSA) is 73.9 Å². The average Bonchev–Trinajstić information content (AvgIpc) is 2.82. The maximum Gasteiger partial charge on any atom is 0.316 e. The summed E-state index contributed by atoms with van der Waals surface area (Å²) in [6, 6.07) is 13.0. The average molecular weight is 496 g/mol. The third-order valence-corrected chi connectivity index (χ3v) is 6.77. The summed E-state index contributed by atoms with van der Waals surface area (Å²) in [4.78, 5) is 26.9. The molecule has 35 heavy (non-hydrogen) atoms. The van der Waals surface area contributed by atoms with Gasteiger partial charge in [0.05, 0.1) is 20.3 Å². The molecule has 0 saturated heterocycles. The van der Waals surface area contributed by atoms with Gasteiger partial charge in [-0.3, -0.25) is 9.59 Å². The van der Waals surface area contributed by atoms with Crippen LogP contribution in [0.25, 0.3) is 0 Å². The molecule has 1 N–H and O–H groups in total. The lowest BCUT2D eigenvalue weighted by Gasteiger charge is -2.40. The number of allylic oxidation sites excluding steroid dienone is 2. The number of benzene rings is 2. The largest absolute Gasteiger partial charge is 0.493 e. The van der Waals surface area contributed by atoms with Crippen LogP contribution in [0, 0.1) is 5.92 Å². The Bertz CT molecular complexity index is 1200. The van der Waals surface area contributed by atoms with Crippen molar-refractivity contribution < 1.29 is 23.8 Å². The SMILES string of the molecule is C=C1NC2=C(C(=O)CC(c3ccc(OC)c(OC)c3)C2)C(c2cccc(Cl)c2)C1C(=O)OC(C)C. The molecule has 0 amide bonds. The van der Waals surface area contributed by atoms with Gasteiger partial charge in [0.15, 0.2) is 17.3 Å². The van der Waals surface area contributed by atoms with Gasteiger partial charge in [-0.05, 0) is 61.6 Å². The quantitative estimate of drug-likeness (QED) is 0.531. The Labute approximate surface area is 210 Å². The third-order valence-electron chi connectivity index (χ3n) is 6.53. The number of halogens is 1. The summed E-state index contributed by atoms with van der Waals surface area (Å²) in [6.07, 6.45) is 0.617. The number of ether oxygens (including phenoxy) is 3. The molecule has 0 aromatic heterocycles. The number of nitrogens with one attached hydrogen (secondary N) is 1. The first kappa shape index (κ1) is 24.9. The summed E-state index contributed by atoms with van der Waals surface area (Å²) in [6.45, 7) is 7.76. The Morgan fingerprint density at radius 3 is 2.46 bits per heavy atom. The van der Waals surface area contributed by atoms with Gasteiger partial charge in [-0.25, -0.2) is 0 Å². The van der Waals surface area contributed by atoms with Gasteiger partial charge in [-0.2, -0.15) is 0 Å². The van der Waals surface area contributed by atoms with Crippen LogP contribution in [0.4, 0.5) is 0 Å². The second-order valence-corrected chi connectivity index (χ2v) is 9.62. The first-order valence-corrected chi connectivity index (χ1v) is 12.0. The number of rotatable bonds is 6. The second kappa shape index (κ2) is 10.2. The molecule has 2 aromatic rings. The maximum atomic E-state index is 13.7. The van der Waals surface area contributed by atoms with Crippen molar-refractivity contribution in [3.8, 4) is 11.5 Å². The summed E-state index contributed by atoms with van der Waals surface area (Å²) < 4.78 is 16.4. The molecule has 0 fully saturated rings. The molecule has 184 valence electrons. The van der Waals surface area contributed by atoms with Crippen LogP contribution in [0.3, 0.4) is 0 Å². The van der Waals surface area contributed by atoms with Crippen LogP contribution in [0.2, 0.25) is 5.02 Å². The fraction of sp³-hybridized carbons (Fsp3) is 0.357. The van der Waals surface area contributed by atoms with E-state index in [4.69, 9.17) is 25.8 Å². The van der Waals surface area contributed by atoms with E-state index in [1.807, 2.05) is 30.3 Å². The Hall–Kier alpha value is -3.25. The highest BCUT2D eigenvalue weighted by atomic mass is 35.5. The normalized spacial score (nSPS) is 21.9. The molecular formula is C28H30ClNO5. The molecule has 2 aromatic carbocycles. The monoisotopic (exact) mass is 495 g/mol. The smallest absolute Gasteiger partial charge is 0.316 e. The standard InChI is InChI=1S/C28H30ClNO5/c1-15(2)35-28(32)25-16(3)30-21-12-19(17-9-10-23(33-4)24(14-17)34-5)13-22(31)27(21)26(25)18-7-6-8-20(29)11-18/h6-11,14-15,19,25-26,30H,3,12-13H2,1-2,4-5H3. The predicted octanol–water partition coefficient (Wildman–Crippen LogP) is 5.53. The zero-order valence-electron chi connectivity index (χ0n) is 20.4. The summed E-state index contributed by atoms with van der Waals surface area (Å²) >= 11 is 6.30. The lowest BCUT2D eigenvalue weighted by Crippen LogP contribution is -2.42. The number of ketones is 1. The second-order valence-electron chi connectivity index (χ2n) is 9.18. The lowest BCUT2D eigenvalue weighted by molar-refractivity contribution is -0.151. The number of Topliss-reactive ketones (excluding diaryl/α,β-unsaturated/α-hetero) is 1. The minimum absolute atomic E-state index is 0.0154. The van der Waals surface area contributed by atoms with Crippen LogP contribution in [-0.4, -0.2) is 32.1 Å². The molecule has 2 aliphatic rings. The van der Waals surface area contributed by atoms with Crippen molar-refractivity contribution in [3.05, 3.63) is 82.2 Å². The van der Waals surface area contributed by atoms with Crippen LogP contribution in [0.5, 0.6) is 11.5 Å². The van der Waals surface area contributed by atoms with Crippen LogP contribution >= 0.6 is 11.6 Å². The third kappa shape index (κ3) is 4.94. The molecule has 1 aliphatic heterocycles. The highest BCUT2D eigenvalue weighted by molar-refractivity contribution is 6.30. The summed E-state index contributed by atoms with van der Waals surface area (Å²) in [5, 5.41) is 3.83. The molecule has 1 aliphatic carbocycles. The molecule has 4 rings (SSSR count). The van der Waals surface area contributed by atoms with Crippen LogP contribution in [0.15, 0.2) is 66.0 Å². The van der Waals surface area contributed by atoms with E-state index in [1.165, 1.54) is 0 Å². The zero-order valence-corrected chi connectivity index (χ0v) is 21.1. The number of methoxy groups -OCH3 is 2. The fourth-order valence-corrected chi connectivity index (χ4v) is 5.23. The van der Waals surface area contributed by atoms with Gasteiger partial charge in [0, 0.05) is 34.3 Å². The van der Waals surface area contributed by atoms with Crippen molar-refractivity contribution in [2.24, 2.45) is 5.92 Å². The van der Waals surface area contributed by atoms with E-state index in [-0.39, 0.29) is 17.8 Å². The van der Waals surface area contributed by atoms with Gasteiger partial charge < -0.3 is 19.5 Å². The van der Waals surface area contributed by atoms with Crippen LogP contribution in [-0.2, 0) is 14.3 Å². The first-order valence-electron chi connectivity index (χ1n) is 11.6. The predicted molar refractivity (Wildman–Crippen MR) is 135 cm³/mol. The van der Waals surface area contributed by atoms with Crippen LogP contribution < -0.4 is 14.8 Å². The molecule has 3 unspecified atom stereocenters. The van der Waals surface area contributed by atoms with E-state index in [2.05, 4.69) is 11.9 Å². The van der Waals surface area contributed by atoms with Crippen molar-refractivity contribution in [3.63, 3.8) is 0 Å². The minimum Gasteiger partial charge on any atom is -0.493 e.